The van der Waals surface area contributed by atoms with Crippen molar-refractivity contribution in [2.24, 2.45) is 5.73 Å². The molecule has 1 aliphatic carbocycles. The molecule has 2 nitrogen and oxygen atoms in total. The van der Waals surface area contributed by atoms with Gasteiger partial charge in [-0.3, -0.25) is 5.32 Å². The molecule has 1 rings (SSSR count). The van der Waals surface area contributed by atoms with E-state index >= 15 is 0 Å². The maximum Gasteiger partial charge on any atom is 0.0433 e. The predicted octanol–water partition coefficient (Wildman–Crippen LogP) is 2.83. The van der Waals surface area contributed by atoms with E-state index in [2.05, 4.69) is 36.7 Å². The first-order chi connectivity index (χ1) is 8.31. The minimum absolute atomic E-state index is 0.212. The molecule has 1 aliphatic rings. The van der Waals surface area contributed by atoms with E-state index in [4.69, 9.17) is 5.73 Å². The Labute approximate surface area is 104 Å². The van der Waals surface area contributed by atoms with Gasteiger partial charge in [0.15, 0.2) is 0 Å². The fourth-order valence-corrected chi connectivity index (χ4v) is 1.97. The summed E-state index contributed by atoms with van der Waals surface area (Å²) in [7, 11) is 0. The van der Waals surface area contributed by atoms with Crippen molar-refractivity contribution < 1.29 is 0 Å². The van der Waals surface area contributed by atoms with Crippen molar-refractivity contribution in [1.29, 1.82) is 0 Å². The maximum absolute atomic E-state index is 5.59. The van der Waals surface area contributed by atoms with Gasteiger partial charge in [0.1, 0.15) is 0 Å². The number of nitrogens with one attached hydrogen (secondary N) is 1. The van der Waals surface area contributed by atoms with E-state index in [9.17, 15) is 0 Å². The lowest BCUT2D eigenvalue weighted by Crippen LogP contribution is -2.35. The second-order valence-electron chi connectivity index (χ2n) is 4.03. The van der Waals surface area contributed by atoms with E-state index in [0.29, 0.717) is 6.67 Å². The highest BCUT2D eigenvalue weighted by Gasteiger charge is 2.12. The van der Waals surface area contributed by atoms with Crippen LogP contribution >= 0.6 is 0 Å². The first-order valence-electron chi connectivity index (χ1n) is 6.06. The Hall–Kier alpha value is -1.38. The molecule has 2 heteroatoms. The SMILES string of the molecule is C=C/C=C(\C=C)C(CC1=CCCC=C1)NCN. The molecule has 1 atom stereocenters. The van der Waals surface area contributed by atoms with Gasteiger partial charge in [-0.2, -0.15) is 0 Å². The summed E-state index contributed by atoms with van der Waals surface area (Å²) < 4.78 is 0. The maximum atomic E-state index is 5.59. The highest BCUT2D eigenvalue weighted by atomic mass is 15.0. The molecule has 1 unspecified atom stereocenters. The quantitative estimate of drug-likeness (QED) is 0.521. The summed E-state index contributed by atoms with van der Waals surface area (Å²) in [5.41, 5.74) is 8.08. The fraction of sp³-hybridized carbons (Fsp3) is 0.333. The summed E-state index contributed by atoms with van der Waals surface area (Å²) in [6.45, 7) is 8.03. The van der Waals surface area contributed by atoms with E-state index in [1.165, 1.54) is 5.57 Å². The third kappa shape index (κ3) is 4.55. The van der Waals surface area contributed by atoms with Crippen LogP contribution in [0.4, 0.5) is 0 Å². The number of hydrogen-bond acceptors (Lipinski definition) is 2. The van der Waals surface area contributed by atoms with Crippen molar-refractivity contribution in [2.45, 2.75) is 25.3 Å². The Kier molecular flexibility index (Phi) is 6.30. The zero-order valence-corrected chi connectivity index (χ0v) is 10.4. The van der Waals surface area contributed by atoms with Crippen LogP contribution in [0.1, 0.15) is 19.3 Å². The zero-order valence-electron chi connectivity index (χ0n) is 10.4. The molecule has 0 saturated carbocycles. The number of hydrogen-bond donors (Lipinski definition) is 2. The fourth-order valence-electron chi connectivity index (χ4n) is 1.97. The molecule has 0 heterocycles. The highest BCUT2D eigenvalue weighted by molar-refractivity contribution is 5.32. The van der Waals surface area contributed by atoms with Gasteiger partial charge in [-0.15, -0.1) is 0 Å². The molecule has 3 N–H and O–H groups in total. The molecule has 0 bridgehead atoms. The Balaban J connectivity index is 2.74. The Morgan fingerprint density at radius 1 is 1.47 bits per heavy atom. The molecule has 0 aliphatic heterocycles. The molecule has 0 aromatic carbocycles. The van der Waals surface area contributed by atoms with Gasteiger partial charge in [-0.25, -0.2) is 0 Å². The molecule has 0 saturated heterocycles. The van der Waals surface area contributed by atoms with Crippen LogP contribution in [0.15, 0.2) is 60.8 Å². The third-order valence-electron chi connectivity index (χ3n) is 2.82. The summed E-state index contributed by atoms with van der Waals surface area (Å²) in [5.74, 6) is 0. The average Bonchev–Trinajstić information content (AvgIpc) is 2.37. The van der Waals surface area contributed by atoms with E-state index in [1.54, 1.807) is 6.08 Å². The minimum atomic E-state index is 0.212. The predicted molar refractivity (Wildman–Crippen MR) is 75.5 cm³/mol. The summed E-state index contributed by atoms with van der Waals surface area (Å²) in [5, 5.41) is 3.28. The largest absolute Gasteiger partial charge is 0.318 e. The van der Waals surface area contributed by atoms with Crippen LogP contribution in [-0.4, -0.2) is 12.7 Å². The average molecular weight is 230 g/mol. The van der Waals surface area contributed by atoms with Gasteiger partial charge in [0, 0.05) is 12.7 Å². The molecule has 0 fully saturated rings. The lowest BCUT2D eigenvalue weighted by atomic mass is 9.95. The monoisotopic (exact) mass is 230 g/mol. The Morgan fingerprint density at radius 2 is 2.29 bits per heavy atom. The molecular formula is C15H22N2. The third-order valence-corrected chi connectivity index (χ3v) is 2.82. The Bertz CT molecular complexity index is 348. The molecule has 0 aromatic heterocycles. The number of rotatable bonds is 7. The van der Waals surface area contributed by atoms with Gasteiger partial charge in [0.2, 0.25) is 0 Å². The first kappa shape index (κ1) is 13.7. The molecule has 0 aromatic rings. The summed E-state index contributed by atoms with van der Waals surface area (Å²) in [6, 6.07) is 0.212. The topological polar surface area (TPSA) is 38.0 Å². The van der Waals surface area contributed by atoms with Crippen LogP contribution in [0.3, 0.4) is 0 Å². The highest BCUT2D eigenvalue weighted by Crippen LogP contribution is 2.19. The summed E-state index contributed by atoms with van der Waals surface area (Å²) >= 11 is 0. The minimum Gasteiger partial charge on any atom is -0.318 e. The van der Waals surface area contributed by atoms with Crippen LogP contribution in [-0.2, 0) is 0 Å². The van der Waals surface area contributed by atoms with E-state index < -0.39 is 0 Å². The van der Waals surface area contributed by atoms with Crippen molar-refractivity contribution in [3.63, 3.8) is 0 Å². The zero-order chi connectivity index (χ0) is 12.5. The van der Waals surface area contributed by atoms with E-state index in [0.717, 1.165) is 24.8 Å². The number of allylic oxidation sites excluding steroid dienone is 5. The molecular weight excluding hydrogens is 208 g/mol. The standard InChI is InChI=1S/C15H22N2/c1-3-8-14(4-2)15(17-12-16)11-13-9-6-5-7-10-13/h3-4,6,8-10,15,17H,1-2,5,7,11-12,16H2/b14-8+. The normalized spacial score (nSPS) is 17.5. The van der Waals surface area contributed by atoms with E-state index in [-0.39, 0.29) is 6.04 Å². The van der Waals surface area contributed by atoms with Crippen LogP contribution < -0.4 is 11.1 Å². The second kappa shape index (κ2) is 7.82. The molecule has 0 radical (unpaired) electrons. The van der Waals surface area contributed by atoms with Crippen LogP contribution in [0.2, 0.25) is 0 Å². The summed E-state index contributed by atoms with van der Waals surface area (Å²) in [6.07, 6.45) is 15.6. The van der Waals surface area contributed by atoms with Crippen molar-refractivity contribution in [3.05, 3.63) is 60.8 Å². The second-order valence-corrected chi connectivity index (χ2v) is 4.03. The van der Waals surface area contributed by atoms with E-state index in [1.807, 2.05) is 12.2 Å². The van der Waals surface area contributed by atoms with Gasteiger partial charge in [-0.05, 0) is 24.8 Å². The number of nitrogens with two attached hydrogens (primary N) is 1. The van der Waals surface area contributed by atoms with Crippen molar-refractivity contribution in [1.82, 2.24) is 5.32 Å². The van der Waals surface area contributed by atoms with Gasteiger partial charge < -0.3 is 5.73 Å². The smallest absolute Gasteiger partial charge is 0.0433 e. The van der Waals surface area contributed by atoms with Crippen molar-refractivity contribution in [2.75, 3.05) is 6.67 Å². The molecule has 17 heavy (non-hydrogen) atoms. The molecule has 92 valence electrons. The van der Waals surface area contributed by atoms with Crippen molar-refractivity contribution >= 4 is 0 Å². The van der Waals surface area contributed by atoms with Crippen molar-refractivity contribution in [3.8, 4) is 0 Å². The van der Waals surface area contributed by atoms with Gasteiger partial charge in [0.25, 0.3) is 0 Å². The molecule has 0 spiro atoms. The summed E-state index contributed by atoms with van der Waals surface area (Å²) in [4.78, 5) is 0. The van der Waals surface area contributed by atoms with Gasteiger partial charge in [0.05, 0.1) is 0 Å². The van der Waals surface area contributed by atoms with Crippen LogP contribution in [0.5, 0.6) is 0 Å². The van der Waals surface area contributed by atoms with Crippen LogP contribution in [0.25, 0.3) is 0 Å². The Morgan fingerprint density at radius 3 is 2.82 bits per heavy atom. The lowest BCUT2D eigenvalue weighted by molar-refractivity contribution is 0.586. The first-order valence-corrected chi connectivity index (χ1v) is 6.06. The lowest BCUT2D eigenvalue weighted by Gasteiger charge is -2.20. The van der Waals surface area contributed by atoms with Crippen LogP contribution in [0, 0.1) is 0 Å². The van der Waals surface area contributed by atoms with Gasteiger partial charge in [-0.1, -0.05) is 55.2 Å². The molecule has 0 amide bonds. The van der Waals surface area contributed by atoms with Gasteiger partial charge >= 0.3 is 0 Å².